The molecule has 0 fully saturated rings. The first-order valence-corrected chi connectivity index (χ1v) is 9.59. The largest absolute Gasteiger partial charge is 0.434 e. The zero-order valence-corrected chi connectivity index (χ0v) is 16.7. The van der Waals surface area contributed by atoms with Gasteiger partial charge in [-0.05, 0) is 12.1 Å². The highest BCUT2D eigenvalue weighted by Crippen LogP contribution is 2.38. The summed E-state index contributed by atoms with van der Waals surface area (Å²) in [7, 11) is 0. The van der Waals surface area contributed by atoms with Crippen LogP contribution < -0.4 is 16.6 Å². The zero-order valence-electron chi connectivity index (χ0n) is 15.9. The van der Waals surface area contributed by atoms with Crippen LogP contribution in [-0.4, -0.2) is 31.1 Å². The molecule has 0 aliphatic heterocycles. The number of nitrogens with one attached hydrogen (secondary N) is 3. The van der Waals surface area contributed by atoms with E-state index in [-0.39, 0.29) is 39.0 Å². The van der Waals surface area contributed by atoms with Crippen LogP contribution in [0.1, 0.15) is 12.6 Å². The van der Waals surface area contributed by atoms with Gasteiger partial charge < -0.3 is 14.7 Å². The number of thiazole rings is 1. The van der Waals surface area contributed by atoms with E-state index in [2.05, 4.69) is 30.5 Å². The molecule has 0 aromatic carbocycles. The summed E-state index contributed by atoms with van der Waals surface area (Å²) >= 11 is 0.715. The van der Waals surface area contributed by atoms with Crippen LogP contribution in [-0.2, 0) is 11.0 Å². The number of carbonyl (C=O) groups is 1. The Hall–Kier alpha value is -4.07. The first kappa shape index (κ1) is 21.2. The molecule has 4 aromatic heterocycles. The third-order valence-corrected chi connectivity index (χ3v) is 4.99. The molecule has 0 aliphatic rings. The molecule has 0 saturated heterocycles. The standard InChI is InChI=1S/C18H11F3N6O4S/c1-7(28)24-13-3-10(16-25-12(6-32-16)18(19,20)21)11(5-22-13)9-2-8(4-23-14(9)29)15-26-27-17(30)31-15/h2-6H,1H3,(H,23,29)(H,27,30)(H,22,24,28). The fourth-order valence-electron chi connectivity index (χ4n) is 2.78. The van der Waals surface area contributed by atoms with Crippen LogP contribution in [0.4, 0.5) is 19.0 Å². The van der Waals surface area contributed by atoms with E-state index >= 15 is 0 Å². The Kier molecular flexibility index (Phi) is 5.22. The molecule has 4 aromatic rings. The van der Waals surface area contributed by atoms with Crippen molar-refractivity contribution in [1.29, 1.82) is 0 Å². The molecule has 4 rings (SSSR count). The van der Waals surface area contributed by atoms with Gasteiger partial charge in [0.2, 0.25) is 5.91 Å². The van der Waals surface area contributed by atoms with Crippen LogP contribution in [0.2, 0.25) is 0 Å². The fourth-order valence-corrected chi connectivity index (χ4v) is 3.64. The number of amides is 1. The number of anilines is 1. The van der Waals surface area contributed by atoms with Gasteiger partial charge in [-0.25, -0.2) is 19.9 Å². The Labute approximate surface area is 179 Å². The highest BCUT2D eigenvalue weighted by atomic mass is 32.1. The number of hydrogen-bond donors (Lipinski definition) is 3. The smallest absolute Gasteiger partial charge is 0.388 e. The number of aromatic nitrogens is 5. The van der Waals surface area contributed by atoms with Gasteiger partial charge in [0.1, 0.15) is 10.8 Å². The third-order valence-electron chi connectivity index (χ3n) is 4.11. The van der Waals surface area contributed by atoms with Crippen molar-refractivity contribution in [2.75, 3.05) is 5.32 Å². The Morgan fingerprint density at radius 1 is 1.19 bits per heavy atom. The lowest BCUT2D eigenvalue weighted by Gasteiger charge is -2.10. The summed E-state index contributed by atoms with van der Waals surface area (Å²) in [6.07, 6.45) is -2.17. The van der Waals surface area contributed by atoms with E-state index in [0.717, 1.165) is 5.38 Å². The molecular formula is C18H11F3N6O4S. The molecule has 0 aliphatic carbocycles. The van der Waals surface area contributed by atoms with Gasteiger partial charge in [0.05, 0.1) is 5.56 Å². The normalized spacial score (nSPS) is 11.5. The van der Waals surface area contributed by atoms with E-state index in [1.165, 1.54) is 31.5 Å². The predicted octanol–water partition coefficient (Wildman–Crippen LogP) is 2.88. The molecule has 164 valence electrons. The van der Waals surface area contributed by atoms with Crippen molar-refractivity contribution in [3.05, 3.63) is 56.5 Å². The van der Waals surface area contributed by atoms with Gasteiger partial charge in [0.15, 0.2) is 5.69 Å². The minimum Gasteiger partial charge on any atom is -0.388 e. The fraction of sp³-hybridized carbons (Fsp3) is 0.111. The number of H-pyrrole nitrogens is 2. The number of alkyl halides is 3. The Bertz CT molecular complexity index is 1440. The maximum Gasteiger partial charge on any atom is 0.434 e. The Balaban J connectivity index is 1.91. The second-order valence-corrected chi connectivity index (χ2v) is 7.24. The summed E-state index contributed by atoms with van der Waals surface area (Å²) in [5.41, 5.74) is -1.17. The Morgan fingerprint density at radius 3 is 2.59 bits per heavy atom. The molecule has 0 saturated carbocycles. The number of aromatic amines is 2. The topological polar surface area (TPSA) is 147 Å². The average Bonchev–Trinajstić information content (AvgIpc) is 3.37. The second kappa shape index (κ2) is 7.88. The lowest BCUT2D eigenvalue weighted by atomic mass is 10.0. The Morgan fingerprint density at radius 2 is 1.97 bits per heavy atom. The van der Waals surface area contributed by atoms with Gasteiger partial charge >= 0.3 is 11.9 Å². The number of nitrogens with zero attached hydrogens (tertiary/aromatic N) is 3. The molecule has 3 N–H and O–H groups in total. The minimum atomic E-state index is -4.66. The van der Waals surface area contributed by atoms with E-state index in [9.17, 15) is 27.6 Å². The maximum absolute atomic E-state index is 13.1. The van der Waals surface area contributed by atoms with Gasteiger partial charge in [-0.2, -0.15) is 13.2 Å². The number of halogens is 3. The lowest BCUT2D eigenvalue weighted by molar-refractivity contribution is -0.140. The third kappa shape index (κ3) is 4.20. The minimum absolute atomic E-state index is 0.00813. The van der Waals surface area contributed by atoms with Gasteiger partial charge in [-0.3, -0.25) is 9.59 Å². The molecule has 10 nitrogen and oxygen atoms in total. The quantitative estimate of drug-likeness (QED) is 0.421. The summed E-state index contributed by atoms with van der Waals surface area (Å²) < 4.78 is 44.1. The summed E-state index contributed by atoms with van der Waals surface area (Å²) in [6.45, 7) is 1.24. The second-order valence-electron chi connectivity index (χ2n) is 6.38. The van der Waals surface area contributed by atoms with E-state index in [1.807, 2.05) is 0 Å². The molecule has 0 spiro atoms. The number of carbonyl (C=O) groups excluding carboxylic acids is 1. The maximum atomic E-state index is 13.1. The van der Waals surface area contributed by atoms with Crippen molar-refractivity contribution in [2.24, 2.45) is 0 Å². The molecule has 0 bridgehead atoms. The zero-order chi connectivity index (χ0) is 23.0. The van der Waals surface area contributed by atoms with E-state index < -0.39 is 29.1 Å². The summed E-state index contributed by atoms with van der Waals surface area (Å²) in [4.78, 5) is 45.3. The van der Waals surface area contributed by atoms with Crippen molar-refractivity contribution in [2.45, 2.75) is 13.1 Å². The summed E-state index contributed by atoms with van der Waals surface area (Å²) in [5.74, 6) is -1.30. The summed E-state index contributed by atoms with van der Waals surface area (Å²) in [5, 5.41) is 9.01. The first-order chi connectivity index (χ1) is 15.1. The van der Waals surface area contributed by atoms with E-state index in [4.69, 9.17) is 4.42 Å². The SMILES string of the molecule is CC(=O)Nc1cc(-c2nc(C(F)(F)F)cs2)c(-c2cc(-c3n[nH]c(=O)o3)c[nH]c2=O)cn1. The highest BCUT2D eigenvalue weighted by molar-refractivity contribution is 7.13. The summed E-state index contributed by atoms with van der Waals surface area (Å²) in [6, 6.07) is 2.66. The monoisotopic (exact) mass is 464 g/mol. The van der Waals surface area contributed by atoms with Crippen LogP contribution in [0.25, 0.3) is 33.2 Å². The molecule has 1 amide bonds. The van der Waals surface area contributed by atoms with Gasteiger partial charge in [0, 0.05) is 41.4 Å². The van der Waals surface area contributed by atoms with Crippen LogP contribution in [0.15, 0.2) is 43.9 Å². The van der Waals surface area contributed by atoms with E-state index in [0.29, 0.717) is 11.3 Å². The van der Waals surface area contributed by atoms with Crippen LogP contribution in [0, 0.1) is 0 Å². The van der Waals surface area contributed by atoms with Gasteiger partial charge in [0.25, 0.3) is 11.4 Å². The van der Waals surface area contributed by atoms with Gasteiger partial charge in [-0.15, -0.1) is 16.4 Å². The lowest BCUT2D eigenvalue weighted by Crippen LogP contribution is -2.11. The highest BCUT2D eigenvalue weighted by Gasteiger charge is 2.34. The first-order valence-electron chi connectivity index (χ1n) is 8.71. The van der Waals surface area contributed by atoms with Gasteiger partial charge in [-0.1, -0.05) is 0 Å². The van der Waals surface area contributed by atoms with Crippen LogP contribution >= 0.6 is 11.3 Å². The number of hydrogen-bond acceptors (Lipinski definition) is 8. The van der Waals surface area contributed by atoms with Crippen LogP contribution in [0.3, 0.4) is 0 Å². The number of pyridine rings is 2. The van der Waals surface area contributed by atoms with Crippen molar-refractivity contribution in [3.8, 4) is 33.2 Å². The molecule has 0 unspecified atom stereocenters. The van der Waals surface area contributed by atoms with Crippen molar-refractivity contribution >= 4 is 23.1 Å². The van der Waals surface area contributed by atoms with Crippen molar-refractivity contribution in [1.82, 2.24) is 25.1 Å². The van der Waals surface area contributed by atoms with Crippen molar-refractivity contribution in [3.63, 3.8) is 0 Å². The molecule has 0 atom stereocenters. The molecule has 14 heteroatoms. The molecule has 4 heterocycles. The average molecular weight is 464 g/mol. The number of rotatable bonds is 4. The van der Waals surface area contributed by atoms with Crippen LogP contribution in [0.5, 0.6) is 0 Å². The molecule has 0 radical (unpaired) electrons. The molecular weight excluding hydrogens is 453 g/mol. The predicted molar refractivity (Wildman–Crippen MR) is 107 cm³/mol. The van der Waals surface area contributed by atoms with Crippen molar-refractivity contribution < 1.29 is 22.4 Å². The molecule has 32 heavy (non-hydrogen) atoms. The van der Waals surface area contributed by atoms with E-state index in [1.54, 1.807) is 0 Å².